The average Bonchev–Trinajstić information content (AvgIpc) is 2.30. The van der Waals surface area contributed by atoms with Crippen molar-refractivity contribution in [3.63, 3.8) is 0 Å². The first kappa shape index (κ1) is 12.6. The third-order valence-corrected chi connectivity index (χ3v) is 4.08. The molecular weight excluding hydrogens is 208 g/mol. The van der Waals surface area contributed by atoms with Crippen LogP contribution in [0.3, 0.4) is 0 Å². The van der Waals surface area contributed by atoms with Crippen LogP contribution in [0.25, 0.3) is 0 Å². The highest BCUT2D eigenvalue weighted by Gasteiger charge is 2.32. The van der Waals surface area contributed by atoms with Crippen molar-refractivity contribution in [1.29, 1.82) is 0 Å². The topological polar surface area (TPSA) is 6.48 Å². The van der Waals surface area contributed by atoms with Gasteiger partial charge in [-0.1, -0.05) is 30.3 Å². The molecule has 1 fully saturated rings. The predicted molar refractivity (Wildman–Crippen MR) is 73.0 cm³/mol. The van der Waals surface area contributed by atoms with Crippen LogP contribution in [-0.2, 0) is 6.54 Å². The second-order valence-electron chi connectivity index (χ2n) is 5.69. The van der Waals surface area contributed by atoms with Crippen molar-refractivity contribution in [2.45, 2.75) is 31.8 Å². The van der Waals surface area contributed by atoms with E-state index in [4.69, 9.17) is 0 Å². The van der Waals surface area contributed by atoms with Crippen LogP contribution in [0.2, 0.25) is 0 Å². The van der Waals surface area contributed by atoms with Crippen molar-refractivity contribution >= 4 is 0 Å². The third-order valence-electron chi connectivity index (χ3n) is 4.08. The van der Waals surface area contributed by atoms with E-state index in [-0.39, 0.29) is 0 Å². The Bertz CT molecular complexity index is 347. The first-order valence-corrected chi connectivity index (χ1v) is 6.54. The Kier molecular flexibility index (Phi) is 3.85. The highest BCUT2D eigenvalue weighted by Crippen LogP contribution is 2.26. The van der Waals surface area contributed by atoms with Crippen molar-refractivity contribution in [2.75, 3.05) is 27.2 Å². The monoisotopic (exact) mass is 232 g/mol. The summed E-state index contributed by atoms with van der Waals surface area (Å²) in [5.74, 6) is 0. The van der Waals surface area contributed by atoms with Gasteiger partial charge in [-0.25, -0.2) is 0 Å². The van der Waals surface area contributed by atoms with E-state index in [9.17, 15) is 0 Å². The van der Waals surface area contributed by atoms with Gasteiger partial charge in [-0.05, 0) is 46.0 Å². The summed E-state index contributed by atoms with van der Waals surface area (Å²) in [6.45, 7) is 5.88. The van der Waals surface area contributed by atoms with Gasteiger partial charge >= 0.3 is 0 Å². The zero-order chi connectivity index (χ0) is 12.3. The average molecular weight is 232 g/mol. The number of nitrogens with zero attached hydrogens (tertiary/aromatic N) is 2. The fraction of sp³-hybridized carbons (Fsp3) is 0.600. The molecule has 1 atom stereocenters. The van der Waals surface area contributed by atoms with Gasteiger partial charge in [0.05, 0.1) is 0 Å². The minimum atomic E-state index is 0.340. The van der Waals surface area contributed by atoms with Crippen LogP contribution < -0.4 is 0 Å². The molecule has 1 aliphatic heterocycles. The Labute approximate surface area is 105 Å². The van der Waals surface area contributed by atoms with Crippen LogP contribution in [0.4, 0.5) is 0 Å². The van der Waals surface area contributed by atoms with Gasteiger partial charge in [0, 0.05) is 18.6 Å². The summed E-state index contributed by atoms with van der Waals surface area (Å²) in [7, 11) is 4.40. The van der Waals surface area contributed by atoms with Gasteiger partial charge in [0.1, 0.15) is 0 Å². The minimum Gasteiger partial charge on any atom is -0.303 e. The van der Waals surface area contributed by atoms with Crippen molar-refractivity contribution in [3.05, 3.63) is 35.9 Å². The van der Waals surface area contributed by atoms with E-state index in [1.54, 1.807) is 0 Å². The molecule has 1 aromatic carbocycles. The molecular formula is C15H24N2. The molecule has 0 saturated carbocycles. The Morgan fingerprint density at radius 1 is 1.24 bits per heavy atom. The standard InChI is InChI=1S/C15H24N2/c1-15(16(2)3)10-7-11-17(13-15)12-14-8-5-4-6-9-14/h4-6,8-9H,7,10-13H2,1-3H3. The van der Waals surface area contributed by atoms with Crippen molar-refractivity contribution < 1.29 is 0 Å². The van der Waals surface area contributed by atoms with Crippen LogP contribution in [-0.4, -0.2) is 42.5 Å². The molecule has 1 aliphatic rings. The van der Waals surface area contributed by atoms with E-state index in [0.29, 0.717) is 5.54 Å². The van der Waals surface area contributed by atoms with Crippen LogP contribution >= 0.6 is 0 Å². The fourth-order valence-corrected chi connectivity index (χ4v) is 2.66. The summed E-state index contributed by atoms with van der Waals surface area (Å²) in [6.07, 6.45) is 2.62. The van der Waals surface area contributed by atoms with E-state index >= 15 is 0 Å². The maximum atomic E-state index is 2.58. The maximum absolute atomic E-state index is 2.58. The predicted octanol–water partition coefficient (Wildman–Crippen LogP) is 2.60. The number of hydrogen-bond donors (Lipinski definition) is 0. The summed E-state index contributed by atoms with van der Waals surface area (Å²) in [5, 5.41) is 0. The highest BCUT2D eigenvalue weighted by atomic mass is 15.2. The van der Waals surface area contributed by atoms with Gasteiger partial charge in [-0.3, -0.25) is 4.90 Å². The van der Waals surface area contributed by atoms with Crippen LogP contribution in [0, 0.1) is 0 Å². The maximum Gasteiger partial charge on any atom is 0.0302 e. The van der Waals surface area contributed by atoms with Crippen molar-refractivity contribution in [2.24, 2.45) is 0 Å². The van der Waals surface area contributed by atoms with E-state index in [1.807, 2.05) is 0 Å². The van der Waals surface area contributed by atoms with E-state index in [2.05, 4.69) is 61.2 Å². The molecule has 0 aromatic heterocycles. The minimum absolute atomic E-state index is 0.340. The smallest absolute Gasteiger partial charge is 0.0302 e. The van der Waals surface area contributed by atoms with Crippen LogP contribution in [0.15, 0.2) is 30.3 Å². The summed E-state index contributed by atoms with van der Waals surface area (Å²) in [5.41, 5.74) is 1.77. The van der Waals surface area contributed by atoms with Gasteiger partial charge in [-0.2, -0.15) is 0 Å². The Hall–Kier alpha value is -0.860. The van der Waals surface area contributed by atoms with Crippen molar-refractivity contribution in [1.82, 2.24) is 9.80 Å². The SMILES string of the molecule is CN(C)C1(C)CCCN(Cc2ccccc2)C1. The first-order chi connectivity index (χ1) is 8.10. The number of likely N-dealkylation sites (N-methyl/N-ethyl adjacent to an activating group) is 1. The van der Waals surface area contributed by atoms with Gasteiger partial charge in [0.25, 0.3) is 0 Å². The lowest BCUT2D eigenvalue weighted by Crippen LogP contribution is -2.53. The normalized spacial score (nSPS) is 26.4. The largest absolute Gasteiger partial charge is 0.303 e. The summed E-state index contributed by atoms with van der Waals surface area (Å²) < 4.78 is 0. The molecule has 94 valence electrons. The number of benzene rings is 1. The lowest BCUT2D eigenvalue weighted by atomic mass is 9.89. The molecule has 0 bridgehead atoms. The second-order valence-corrected chi connectivity index (χ2v) is 5.69. The van der Waals surface area contributed by atoms with E-state index < -0.39 is 0 Å². The van der Waals surface area contributed by atoms with Gasteiger partial charge < -0.3 is 4.90 Å². The molecule has 2 rings (SSSR count). The Balaban J connectivity index is 1.99. The molecule has 1 heterocycles. The van der Waals surface area contributed by atoms with Gasteiger partial charge in [0.15, 0.2) is 0 Å². The van der Waals surface area contributed by atoms with E-state index in [1.165, 1.54) is 31.5 Å². The number of likely N-dealkylation sites (tertiary alicyclic amines) is 1. The molecule has 1 unspecified atom stereocenters. The summed E-state index contributed by atoms with van der Waals surface area (Å²) in [4.78, 5) is 4.96. The molecule has 1 aromatic rings. The molecule has 2 nitrogen and oxygen atoms in total. The Morgan fingerprint density at radius 3 is 2.59 bits per heavy atom. The molecule has 0 radical (unpaired) electrons. The number of rotatable bonds is 3. The van der Waals surface area contributed by atoms with Crippen LogP contribution in [0.5, 0.6) is 0 Å². The zero-order valence-corrected chi connectivity index (χ0v) is 11.3. The molecule has 2 heteroatoms. The summed E-state index contributed by atoms with van der Waals surface area (Å²) >= 11 is 0. The summed E-state index contributed by atoms with van der Waals surface area (Å²) in [6, 6.07) is 10.8. The van der Waals surface area contributed by atoms with Crippen LogP contribution in [0.1, 0.15) is 25.3 Å². The van der Waals surface area contributed by atoms with Gasteiger partial charge in [-0.15, -0.1) is 0 Å². The zero-order valence-electron chi connectivity index (χ0n) is 11.3. The molecule has 0 N–H and O–H groups in total. The molecule has 0 amide bonds. The number of hydrogen-bond acceptors (Lipinski definition) is 2. The first-order valence-electron chi connectivity index (χ1n) is 6.54. The molecule has 1 saturated heterocycles. The second kappa shape index (κ2) is 5.19. The van der Waals surface area contributed by atoms with E-state index in [0.717, 1.165) is 6.54 Å². The quantitative estimate of drug-likeness (QED) is 0.790. The molecule has 0 aliphatic carbocycles. The molecule has 0 spiro atoms. The van der Waals surface area contributed by atoms with Gasteiger partial charge in [0.2, 0.25) is 0 Å². The van der Waals surface area contributed by atoms with Crippen molar-refractivity contribution in [3.8, 4) is 0 Å². The lowest BCUT2D eigenvalue weighted by molar-refractivity contribution is 0.0543. The number of piperidine rings is 1. The third kappa shape index (κ3) is 3.08. The molecule has 17 heavy (non-hydrogen) atoms. The Morgan fingerprint density at radius 2 is 1.94 bits per heavy atom. The fourth-order valence-electron chi connectivity index (χ4n) is 2.66. The lowest BCUT2D eigenvalue weighted by Gasteiger charge is -2.44. The highest BCUT2D eigenvalue weighted by molar-refractivity contribution is 5.14.